The lowest BCUT2D eigenvalue weighted by Gasteiger charge is -2.34. The van der Waals surface area contributed by atoms with E-state index in [-0.39, 0.29) is 5.91 Å². The Morgan fingerprint density at radius 2 is 2.16 bits per heavy atom. The van der Waals surface area contributed by atoms with Crippen molar-refractivity contribution in [2.75, 3.05) is 19.6 Å². The molecule has 0 spiro atoms. The van der Waals surface area contributed by atoms with Gasteiger partial charge in [-0.25, -0.2) is 0 Å². The van der Waals surface area contributed by atoms with Crippen molar-refractivity contribution in [1.82, 2.24) is 10.2 Å². The van der Waals surface area contributed by atoms with Crippen LogP contribution in [0.3, 0.4) is 0 Å². The molecule has 0 aromatic heterocycles. The summed E-state index contributed by atoms with van der Waals surface area (Å²) in [5.74, 6) is 0.187. The number of amides is 1. The zero-order valence-electron chi connectivity index (χ0n) is 11.4. The molecule has 104 valence electrons. The van der Waals surface area contributed by atoms with Crippen LogP contribution in [-0.2, 0) is 0 Å². The Morgan fingerprint density at radius 1 is 1.42 bits per heavy atom. The molecule has 0 unspecified atom stereocenters. The quantitative estimate of drug-likeness (QED) is 0.825. The zero-order chi connectivity index (χ0) is 13.7. The summed E-state index contributed by atoms with van der Waals surface area (Å²) >= 11 is 2.26. The topological polar surface area (TPSA) is 32.3 Å². The third-order valence-electron chi connectivity index (χ3n) is 3.55. The highest BCUT2D eigenvalue weighted by Gasteiger charge is 2.25. The van der Waals surface area contributed by atoms with Gasteiger partial charge in [-0.15, -0.1) is 0 Å². The monoisotopic (exact) mass is 372 g/mol. The summed E-state index contributed by atoms with van der Waals surface area (Å²) in [4.78, 5) is 14.8. The first-order valence-corrected chi connectivity index (χ1v) is 8.07. The molecule has 0 bridgehead atoms. The first-order valence-electron chi connectivity index (χ1n) is 6.99. The summed E-state index contributed by atoms with van der Waals surface area (Å²) in [5.41, 5.74) is 0.818. The van der Waals surface area contributed by atoms with Crippen LogP contribution in [0.5, 0.6) is 0 Å². The maximum Gasteiger partial charge on any atom is 0.254 e. The van der Waals surface area contributed by atoms with E-state index in [0.717, 1.165) is 48.0 Å². The predicted octanol–water partition coefficient (Wildman–Crippen LogP) is 2.90. The summed E-state index contributed by atoms with van der Waals surface area (Å²) in [6, 6.07) is 8.28. The van der Waals surface area contributed by atoms with Gasteiger partial charge in [-0.05, 0) is 73.1 Å². The molecular formula is C15H21IN2O. The Hall–Kier alpha value is -0.620. The fourth-order valence-corrected chi connectivity index (χ4v) is 3.14. The van der Waals surface area contributed by atoms with E-state index >= 15 is 0 Å². The highest BCUT2D eigenvalue weighted by molar-refractivity contribution is 14.1. The van der Waals surface area contributed by atoms with Crippen molar-refractivity contribution in [1.29, 1.82) is 0 Å². The van der Waals surface area contributed by atoms with Crippen molar-refractivity contribution in [3.8, 4) is 0 Å². The maximum atomic E-state index is 12.7. The van der Waals surface area contributed by atoms with Gasteiger partial charge in [-0.2, -0.15) is 0 Å². The number of benzene rings is 1. The van der Waals surface area contributed by atoms with Gasteiger partial charge in [0, 0.05) is 21.7 Å². The fourth-order valence-electron chi connectivity index (χ4n) is 2.60. The molecule has 1 saturated heterocycles. The second kappa shape index (κ2) is 7.24. The number of hydrogen-bond acceptors (Lipinski definition) is 2. The largest absolute Gasteiger partial charge is 0.336 e. The van der Waals surface area contributed by atoms with Gasteiger partial charge in [0.1, 0.15) is 0 Å². The lowest BCUT2D eigenvalue weighted by Crippen LogP contribution is -2.46. The Labute approximate surface area is 128 Å². The Kier molecular flexibility index (Phi) is 5.63. The first-order chi connectivity index (χ1) is 9.22. The van der Waals surface area contributed by atoms with Crippen molar-refractivity contribution >= 4 is 28.5 Å². The molecule has 1 aromatic carbocycles. The molecule has 1 heterocycles. The minimum atomic E-state index is 0.187. The smallest absolute Gasteiger partial charge is 0.254 e. The summed E-state index contributed by atoms with van der Waals surface area (Å²) in [6.07, 6.45) is 3.14. The summed E-state index contributed by atoms with van der Waals surface area (Å²) in [6.45, 7) is 5.03. The van der Waals surface area contributed by atoms with E-state index in [1.807, 2.05) is 24.3 Å². The highest BCUT2D eigenvalue weighted by atomic mass is 127. The molecule has 2 rings (SSSR count). The molecule has 1 aliphatic heterocycles. The van der Waals surface area contributed by atoms with E-state index in [0.29, 0.717) is 6.04 Å². The van der Waals surface area contributed by atoms with Crippen LogP contribution in [0.25, 0.3) is 0 Å². The predicted molar refractivity (Wildman–Crippen MR) is 86.4 cm³/mol. The first kappa shape index (κ1) is 14.8. The second-order valence-corrected chi connectivity index (χ2v) is 6.24. The lowest BCUT2D eigenvalue weighted by molar-refractivity contribution is 0.0642. The molecule has 1 aliphatic rings. The van der Waals surface area contributed by atoms with E-state index in [2.05, 4.69) is 39.7 Å². The van der Waals surface area contributed by atoms with E-state index in [9.17, 15) is 4.79 Å². The van der Waals surface area contributed by atoms with Crippen LogP contribution in [-0.4, -0.2) is 36.5 Å². The van der Waals surface area contributed by atoms with Crippen molar-refractivity contribution in [3.63, 3.8) is 0 Å². The standard InChI is InChI=1S/C15H21IN2O/c1-2-10-18(14-6-8-17-9-7-14)15(19)12-4-3-5-13(16)11-12/h3-5,11,14,17H,2,6-10H2,1H3. The summed E-state index contributed by atoms with van der Waals surface area (Å²) in [7, 11) is 0. The average molecular weight is 372 g/mol. The average Bonchev–Trinajstić information content (AvgIpc) is 2.45. The summed E-state index contributed by atoms with van der Waals surface area (Å²) in [5, 5.41) is 3.36. The van der Waals surface area contributed by atoms with Gasteiger partial charge in [-0.3, -0.25) is 4.79 Å². The Morgan fingerprint density at radius 3 is 2.79 bits per heavy atom. The van der Waals surface area contributed by atoms with Crippen LogP contribution in [0.4, 0.5) is 0 Å². The van der Waals surface area contributed by atoms with Crippen molar-refractivity contribution in [2.45, 2.75) is 32.2 Å². The highest BCUT2D eigenvalue weighted by Crippen LogP contribution is 2.17. The lowest BCUT2D eigenvalue weighted by atomic mass is 10.0. The van der Waals surface area contributed by atoms with Gasteiger partial charge in [0.25, 0.3) is 5.91 Å². The minimum Gasteiger partial charge on any atom is -0.336 e. The molecular weight excluding hydrogens is 351 g/mol. The van der Waals surface area contributed by atoms with Crippen LogP contribution in [0.1, 0.15) is 36.5 Å². The van der Waals surface area contributed by atoms with Gasteiger partial charge < -0.3 is 10.2 Å². The fraction of sp³-hybridized carbons (Fsp3) is 0.533. The van der Waals surface area contributed by atoms with Crippen molar-refractivity contribution < 1.29 is 4.79 Å². The second-order valence-electron chi connectivity index (χ2n) is 4.99. The molecule has 19 heavy (non-hydrogen) atoms. The third-order valence-corrected chi connectivity index (χ3v) is 4.22. The molecule has 1 amide bonds. The molecule has 0 saturated carbocycles. The maximum absolute atomic E-state index is 12.7. The molecule has 0 atom stereocenters. The van der Waals surface area contributed by atoms with E-state index in [1.165, 1.54) is 0 Å². The summed E-state index contributed by atoms with van der Waals surface area (Å²) < 4.78 is 1.12. The molecule has 3 nitrogen and oxygen atoms in total. The molecule has 0 aliphatic carbocycles. The van der Waals surface area contributed by atoms with E-state index in [4.69, 9.17) is 0 Å². The van der Waals surface area contributed by atoms with Crippen LogP contribution in [0, 0.1) is 3.57 Å². The molecule has 1 aromatic rings. The number of nitrogens with one attached hydrogen (secondary N) is 1. The van der Waals surface area contributed by atoms with Gasteiger partial charge in [0.2, 0.25) is 0 Å². The van der Waals surface area contributed by atoms with E-state index in [1.54, 1.807) is 0 Å². The van der Waals surface area contributed by atoms with Crippen molar-refractivity contribution in [3.05, 3.63) is 33.4 Å². The minimum absolute atomic E-state index is 0.187. The normalized spacial score (nSPS) is 16.3. The molecule has 1 fully saturated rings. The Bertz CT molecular complexity index is 430. The van der Waals surface area contributed by atoms with Crippen LogP contribution < -0.4 is 5.32 Å². The SMILES string of the molecule is CCCN(C(=O)c1cccc(I)c1)C1CCNCC1. The number of carbonyl (C=O) groups excluding carboxylic acids is 1. The third kappa shape index (κ3) is 3.92. The van der Waals surface area contributed by atoms with Gasteiger partial charge in [0.05, 0.1) is 0 Å². The molecule has 1 N–H and O–H groups in total. The molecule has 4 heteroatoms. The molecule has 0 radical (unpaired) electrons. The Balaban J connectivity index is 2.15. The zero-order valence-corrected chi connectivity index (χ0v) is 13.5. The van der Waals surface area contributed by atoms with Crippen LogP contribution in [0.2, 0.25) is 0 Å². The number of hydrogen-bond donors (Lipinski definition) is 1. The number of halogens is 1. The number of carbonyl (C=O) groups is 1. The van der Waals surface area contributed by atoms with Gasteiger partial charge >= 0.3 is 0 Å². The number of rotatable bonds is 4. The number of piperidine rings is 1. The van der Waals surface area contributed by atoms with Crippen LogP contribution >= 0.6 is 22.6 Å². The van der Waals surface area contributed by atoms with Crippen molar-refractivity contribution in [2.24, 2.45) is 0 Å². The van der Waals surface area contributed by atoms with E-state index < -0.39 is 0 Å². The number of nitrogens with zero attached hydrogens (tertiary/aromatic N) is 1. The van der Waals surface area contributed by atoms with Gasteiger partial charge in [0.15, 0.2) is 0 Å². The van der Waals surface area contributed by atoms with Gasteiger partial charge in [-0.1, -0.05) is 13.0 Å². The van der Waals surface area contributed by atoms with Crippen LogP contribution in [0.15, 0.2) is 24.3 Å².